The molecule has 2 aliphatic rings. The topological polar surface area (TPSA) is 81.3 Å². The van der Waals surface area contributed by atoms with E-state index in [1.54, 1.807) is 0 Å². The van der Waals surface area contributed by atoms with Crippen LogP contribution in [0.15, 0.2) is 33.9 Å². The Bertz CT molecular complexity index is 737. The van der Waals surface area contributed by atoms with Crippen LogP contribution in [0.2, 0.25) is 0 Å². The molecule has 1 aromatic heterocycles. The van der Waals surface area contributed by atoms with Gasteiger partial charge in [0, 0.05) is 30.6 Å². The first kappa shape index (κ1) is 14.4. The number of para-hydroxylation sites is 1. The average molecular weight is 312 g/mol. The molecule has 3 heterocycles. The molecule has 7 nitrogen and oxygen atoms in total. The van der Waals surface area contributed by atoms with Crippen molar-refractivity contribution in [3.63, 3.8) is 0 Å². The third-order valence-electron chi connectivity index (χ3n) is 5.10. The van der Waals surface area contributed by atoms with Crippen molar-refractivity contribution < 1.29 is 4.52 Å². The summed E-state index contributed by atoms with van der Waals surface area (Å²) >= 11 is 0. The van der Waals surface area contributed by atoms with Gasteiger partial charge in [-0.05, 0) is 37.1 Å². The Kier molecular flexibility index (Phi) is 3.81. The number of anilines is 1. The van der Waals surface area contributed by atoms with E-state index in [1.165, 1.54) is 12.8 Å². The molecule has 2 aromatic rings. The molecule has 23 heavy (non-hydrogen) atoms. The summed E-state index contributed by atoms with van der Waals surface area (Å²) in [5.41, 5.74) is 9.58. The van der Waals surface area contributed by atoms with Crippen molar-refractivity contribution in [2.24, 2.45) is 5.11 Å². The summed E-state index contributed by atoms with van der Waals surface area (Å²) in [7, 11) is 0. The zero-order chi connectivity index (χ0) is 15.6. The molecule has 0 unspecified atom stereocenters. The molecule has 2 aliphatic heterocycles. The van der Waals surface area contributed by atoms with Gasteiger partial charge in [-0.3, -0.25) is 4.90 Å². The Balaban J connectivity index is 1.71. The van der Waals surface area contributed by atoms with Crippen LogP contribution in [-0.4, -0.2) is 48.3 Å². The average Bonchev–Trinajstić information content (AvgIpc) is 3.03. The summed E-state index contributed by atoms with van der Waals surface area (Å²) in [6.45, 7) is 3.53. The number of aromatic nitrogens is 1. The van der Waals surface area contributed by atoms with E-state index in [-0.39, 0.29) is 6.04 Å². The van der Waals surface area contributed by atoms with E-state index in [9.17, 15) is 0 Å². The molecule has 120 valence electrons. The van der Waals surface area contributed by atoms with Gasteiger partial charge in [0.2, 0.25) is 0 Å². The number of hydrogen-bond acceptors (Lipinski definition) is 5. The summed E-state index contributed by atoms with van der Waals surface area (Å²) in [5.74, 6) is 0.879. The molecule has 0 amide bonds. The highest BCUT2D eigenvalue weighted by Gasteiger charge is 2.38. The van der Waals surface area contributed by atoms with Gasteiger partial charge in [-0.25, -0.2) is 0 Å². The van der Waals surface area contributed by atoms with Crippen LogP contribution in [0.25, 0.3) is 21.4 Å². The van der Waals surface area contributed by atoms with E-state index in [1.807, 2.05) is 24.3 Å². The molecule has 0 saturated carbocycles. The molecular formula is C16H20N6O. The minimum Gasteiger partial charge on any atom is -0.354 e. The largest absolute Gasteiger partial charge is 0.354 e. The maximum absolute atomic E-state index is 8.77. The Labute approximate surface area is 134 Å². The molecule has 0 N–H and O–H groups in total. The highest BCUT2D eigenvalue weighted by atomic mass is 16.5. The van der Waals surface area contributed by atoms with Crippen LogP contribution in [-0.2, 0) is 0 Å². The van der Waals surface area contributed by atoms with Gasteiger partial charge < -0.3 is 9.42 Å². The van der Waals surface area contributed by atoms with Crippen molar-refractivity contribution >= 4 is 16.8 Å². The van der Waals surface area contributed by atoms with E-state index < -0.39 is 0 Å². The van der Waals surface area contributed by atoms with Crippen LogP contribution in [0.5, 0.6) is 0 Å². The first-order valence-corrected chi connectivity index (χ1v) is 8.24. The molecule has 0 aliphatic carbocycles. The van der Waals surface area contributed by atoms with Gasteiger partial charge in [0.1, 0.15) is 0 Å². The van der Waals surface area contributed by atoms with Crippen molar-refractivity contribution in [3.05, 3.63) is 34.7 Å². The van der Waals surface area contributed by atoms with Gasteiger partial charge in [0.15, 0.2) is 11.4 Å². The third kappa shape index (κ3) is 2.52. The van der Waals surface area contributed by atoms with Gasteiger partial charge in [-0.1, -0.05) is 28.8 Å². The van der Waals surface area contributed by atoms with Crippen molar-refractivity contribution in [2.75, 3.05) is 31.1 Å². The van der Waals surface area contributed by atoms with Crippen LogP contribution < -0.4 is 4.90 Å². The lowest BCUT2D eigenvalue weighted by molar-refractivity contribution is 0.102. The molecule has 2 fully saturated rings. The van der Waals surface area contributed by atoms with Crippen LogP contribution in [0.1, 0.15) is 19.3 Å². The first-order chi connectivity index (χ1) is 11.4. The van der Waals surface area contributed by atoms with E-state index in [2.05, 4.69) is 25.0 Å². The quantitative estimate of drug-likeness (QED) is 0.495. The summed E-state index contributed by atoms with van der Waals surface area (Å²) in [5, 5.41) is 9.22. The minimum atomic E-state index is 0.161. The van der Waals surface area contributed by atoms with E-state index in [0.29, 0.717) is 12.6 Å². The highest BCUT2D eigenvalue weighted by Crippen LogP contribution is 2.33. The van der Waals surface area contributed by atoms with Gasteiger partial charge in [0.25, 0.3) is 0 Å². The minimum absolute atomic E-state index is 0.161. The second-order valence-electron chi connectivity index (χ2n) is 6.28. The summed E-state index contributed by atoms with van der Waals surface area (Å²) in [6, 6.07) is 8.52. The molecule has 4 rings (SSSR count). The second kappa shape index (κ2) is 6.10. The molecule has 0 bridgehead atoms. The second-order valence-corrected chi connectivity index (χ2v) is 6.28. The third-order valence-corrected chi connectivity index (χ3v) is 5.10. The maximum Gasteiger partial charge on any atom is 0.180 e. The number of hydrogen-bond donors (Lipinski definition) is 0. The predicted octanol–water partition coefficient (Wildman–Crippen LogP) is 3.18. The Morgan fingerprint density at radius 1 is 1.26 bits per heavy atom. The van der Waals surface area contributed by atoms with Gasteiger partial charge in [-0.15, -0.1) is 0 Å². The lowest BCUT2D eigenvalue weighted by Crippen LogP contribution is -2.62. The fraction of sp³-hybridized carbons (Fsp3) is 0.562. The Morgan fingerprint density at radius 2 is 2.17 bits per heavy atom. The number of piperazine rings is 1. The number of rotatable bonds is 3. The molecule has 0 spiro atoms. The van der Waals surface area contributed by atoms with Crippen LogP contribution in [0, 0.1) is 0 Å². The molecule has 0 radical (unpaired) electrons. The van der Waals surface area contributed by atoms with Gasteiger partial charge in [-0.2, -0.15) is 0 Å². The zero-order valence-corrected chi connectivity index (χ0v) is 13.0. The summed E-state index contributed by atoms with van der Waals surface area (Å²) in [4.78, 5) is 7.81. The smallest absolute Gasteiger partial charge is 0.180 e. The number of azide groups is 1. The Hall–Kier alpha value is -2.24. The van der Waals surface area contributed by atoms with Crippen LogP contribution in [0.4, 0.5) is 5.82 Å². The monoisotopic (exact) mass is 312 g/mol. The number of fused-ring (bicyclic) bond motifs is 2. The molecule has 7 heteroatoms. The fourth-order valence-electron chi connectivity index (χ4n) is 4.02. The SMILES string of the molecule is [N-]=[N+]=NC[C@H]1[C@@H]2CCCCN2CCN1c1noc2ccccc12. The lowest BCUT2D eigenvalue weighted by atomic mass is 9.92. The molecule has 1 aromatic carbocycles. The normalized spacial score (nSPS) is 25.1. The van der Waals surface area contributed by atoms with E-state index in [4.69, 9.17) is 10.1 Å². The van der Waals surface area contributed by atoms with Crippen molar-refractivity contribution in [1.29, 1.82) is 0 Å². The zero-order valence-electron chi connectivity index (χ0n) is 13.0. The van der Waals surface area contributed by atoms with E-state index >= 15 is 0 Å². The van der Waals surface area contributed by atoms with Gasteiger partial charge >= 0.3 is 0 Å². The highest BCUT2D eigenvalue weighted by molar-refractivity contribution is 5.88. The first-order valence-electron chi connectivity index (χ1n) is 8.24. The fourth-order valence-corrected chi connectivity index (χ4v) is 4.02. The Morgan fingerprint density at radius 3 is 3.09 bits per heavy atom. The number of piperidine rings is 1. The lowest BCUT2D eigenvalue weighted by Gasteiger charge is -2.49. The summed E-state index contributed by atoms with van der Waals surface area (Å²) < 4.78 is 5.48. The van der Waals surface area contributed by atoms with Gasteiger partial charge in [0.05, 0.1) is 11.4 Å². The van der Waals surface area contributed by atoms with E-state index in [0.717, 1.165) is 42.8 Å². The standard InChI is InChI=1S/C16H20N6O/c17-20-18-11-14-13-6-3-4-8-21(13)9-10-22(14)16-12-5-1-2-7-15(12)23-19-16/h1-2,5,7,13-14H,3-4,6,8-11H2/t13-,14-/m0/s1. The number of benzene rings is 1. The van der Waals surface area contributed by atoms with Crippen molar-refractivity contribution in [1.82, 2.24) is 10.1 Å². The molecule has 2 atom stereocenters. The van der Waals surface area contributed by atoms with Crippen LogP contribution >= 0.6 is 0 Å². The van der Waals surface area contributed by atoms with Crippen molar-refractivity contribution in [3.8, 4) is 0 Å². The number of nitrogens with zero attached hydrogens (tertiary/aromatic N) is 6. The maximum atomic E-state index is 8.77. The predicted molar refractivity (Wildman–Crippen MR) is 88.4 cm³/mol. The molecule has 2 saturated heterocycles. The van der Waals surface area contributed by atoms with Crippen molar-refractivity contribution in [2.45, 2.75) is 31.3 Å². The molecular weight excluding hydrogens is 292 g/mol. The van der Waals surface area contributed by atoms with Crippen LogP contribution in [0.3, 0.4) is 0 Å². The summed E-state index contributed by atoms with van der Waals surface area (Å²) in [6.07, 6.45) is 3.65.